The second-order valence-corrected chi connectivity index (χ2v) is 11.9. The van der Waals surface area contributed by atoms with Crippen molar-refractivity contribution in [2.24, 2.45) is 0 Å². The standard InChI is InChI=1S/C42H24N4O/c1-2-8-27-21-29(15-13-25(27)7-1)40-44-41(30-16-14-26-17-18-34-37-24-43-20-19-38(37)47-39(34)35(26)23-30)46-42(45-40)36-22-28-9-3-4-10-31(28)32-11-5-6-12-33(32)36/h1-24H. The summed E-state index contributed by atoms with van der Waals surface area (Å²) < 4.78 is 6.38. The lowest BCUT2D eigenvalue weighted by Crippen LogP contribution is -2.01. The number of hydrogen-bond donors (Lipinski definition) is 0. The van der Waals surface area contributed by atoms with Gasteiger partial charge < -0.3 is 4.42 Å². The largest absolute Gasteiger partial charge is 0.455 e. The van der Waals surface area contributed by atoms with E-state index in [1.54, 1.807) is 6.20 Å². The monoisotopic (exact) mass is 600 g/mol. The first kappa shape index (κ1) is 25.8. The molecule has 0 aliphatic carbocycles. The number of hydrogen-bond acceptors (Lipinski definition) is 5. The Morgan fingerprint density at radius 3 is 1.91 bits per heavy atom. The fourth-order valence-corrected chi connectivity index (χ4v) is 6.86. The van der Waals surface area contributed by atoms with Crippen LogP contribution >= 0.6 is 0 Å². The molecule has 5 heteroatoms. The topological polar surface area (TPSA) is 64.7 Å². The Labute approximate surface area is 268 Å². The van der Waals surface area contributed by atoms with Crippen LogP contribution in [-0.2, 0) is 0 Å². The Morgan fingerprint density at radius 1 is 0.404 bits per heavy atom. The summed E-state index contributed by atoms with van der Waals surface area (Å²) in [5.41, 5.74) is 4.44. The van der Waals surface area contributed by atoms with Gasteiger partial charge in [-0.3, -0.25) is 4.98 Å². The van der Waals surface area contributed by atoms with Crippen molar-refractivity contribution in [1.82, 2.24) is 19.9 Å². The van der Waals surface area contributed by atoms with Crippen molar-refractivity contribution in [3.05, 3.63) is 146 Å². The van der Waals surface area contributed by atoms with Gasteiger partial charge in [0, 0.05) is 45.2 Å². The van der Waals surface area contributed by atoms with E-state index in [0.717, 1.165) is 65.6 Å². The summed E-state index contributed by atoms with van der Waals surface area (Å²) in [6, 6.07) is 46.4. The number of benzene rings is 7. The van der Waals surface area contributed by atoms with E-state index in [9.17, 15) is 0 Å². The van der Waals surface area contributed by atoms with E-state index in [1.807, 2.05) is 12.3 Å². The number of furan rings is 1. The van der Waals surface area contributed by atoms with Crippen LogP contribution in [0.2, 0.25) is 0 Å². The zero-order valence-electron chi connectivity index (χ0n) is 25.1. The average Bonchev–Trinajstić information content (AvgIpc) is 3.53. The summed E-state index contributed by atoms with van der Waals surface area (Å²) in [7, 11) is 0. The summed E-state index contributed by atoms with van der Waals surface area (Å²) in [5.74, 6) is 1.86. The number of aromatic nitrogens is 4. The van der Waals surface area contributed by atoms with Crippen molar-refractivity contribution in [2.45, 2.75) is 0 Å². The predicted molar refractivity (Wildman–Crippen MR) is 191 cm³/mol. The third kappa shape index (κ3) is 4.10. The van der Waals surface area contributed by atoms with Gasteiger partial charge in [-0.1, -0.05) is 103 Å². The Kier molecular flexibility index (Phi) is 5.51. The Morgan fingerprint density at radius 2 is 1.06 bits per heavy atom. The van der Waals surface area contributed by atoms with E-state index in [-0.39, 0.29) is 0 Å². The molecule has 0 N–H and O–H groups in total. The molecule has 0 spiro atoms. The lowest BCUT2D eigenvalue weighted by Gasteiger charge is -2.13. The first-order valence-corrected chi connectivity index (χ1v) is 15.6. The molecule has 0 aliphatic heterocycles. The molecule has 0 atom stereocenters. The highest BCUT2D eigenvalue weighted by molar-refractivity contribution is 6.15. The molecule has 0 unspecified atom stereocenters. The molecule has 0 radical (unpaired) electrons. The Balaban J connectivity index is 1.25. The van der Waals surface area contributed by atoms with Crippen LogP contribution in [-0.4, -0.2) is 19.9 Å². The second-order valence-electron chi connectivity index (χ2n) is 11.9. The highest BCUT2D eigenvalue weighted by atomic mass is 16.3. The van der Waals surface area contributed by atoms with E-state index >= 15 is 0 Å². The lowest BCUT2D eigenvalue weighted by atomic mass is 9.96. The maximum Gasteiger partial charge on any atom is 0.164 e. The van der Waals surface area contributed by atoms with Gasteiger partial charge in [0.05, 0.1) is 0 Å². The van der Waals surface area contributed by atoms with Gasteiger partial charge in [-0.05, 0) is 68.0 Å². The van der Waals surface area contributed by atoms with E-state index in [0.29, 0.717) is 17.5 Å². The van der Waals surface area contributed by atoms with Crippen LogP contribution in [0.1, 0.15) is 0 Å². The van der Waals surface area contributed by atoms with Crippen LogP contribution in [0.15, 0.2) is 150 Å². The minimum atomic E-state index is 0.604. The highest BCUT2D eigenvalue weighted by Gasteiger charge is 2.18. The van der Waals surface area contributed by atoms with Crippen LogP contribution in [0, 0.1) is 0 Å². The van der Waals surface area contributed by atoms with Gasteiger partial charge in [-0.25, -0.2) is 15.0 Å². The van der Waals surface area contributed by atoms with Crippen LogP contribution in [0.4, 0.5) is 0 Å². The fraction of sp³-hybridized carbons (Fsp3) is 0. The first-order chi connectivity index (χ1) is 23.3. The number of nitrogens with zero attached hydrogens (tertiary/aromatic N) is 4. The van der Waals surface area contributed by atoms with Gasteiger partial charge in [0.25, 0.3) is 0 Å². The van der Waals surface area contributed by atoms with Crippen molar-refractivity contribution in [2.75, 3.05) is 0 Å². The molecular formula is C42H24N4O. The molecule has 3 heterocycles. The Hall–Kier alpha value is -6.46. The average molecular weight is 601 g/mol. The molecule has 0 amide bonds. The summed E-state index contributed by atoms with van der Waals surface area (Å²) in [6.07, 6.45) is 3.62. The third-order valence-corrected chi connectivity index (χ3v) is 9.17. The molecule has 10 aromatic rings. The quantitative estimate of drug-likeness (QED) is 0.189. The zero-order chi connectivity index (χ0) is 30.9. The van der Waals surface area contributed by atoms with Crippen LogP contribution in [0.3, 0.4) is 0 Å². The van der Waals surface area contributed by atoms with E-state index in [4.69, 9.17) is 19.4 Å². The Bertz CT molecular complexity index is 2870. The highest BCUT2D eigenvalue weighted by Crippen LogP contribution is 2.37. The molecule has 0 aliphatic rings. The molecular weight excluding hydrogens is 576 g/mol. The molecule has 5 nitrogen and oxygen atoms in total. The fourth-order valence-electron chi connectivity index (χ4n) is 6.86. The van der Waals surface area contributed by atoms with Gasteiger partial charge in [0.1, 0.15) is 11.2 Å². The SMILES string of the molecule is c1ccc2cc(-c3nc(-c4ccc5ccc6c7cnccc7oc6c5c4)nc(-c4cc5ccccc5c5ccccc45)n3)ccc2c1. The van der Waals surface area contributed by atoms with Crippen molar-refractivity contribution >= 4 is 65.0 Å². The molecule has 47 heavy (non-hydrogen) atoms. The van der Waals surface area contributed by atoms with E-state index < -0.39 is 0 Å². The first-order valence-electron chi connectivity index (χ1n) is 15.6. The third-order valence-electron chi connectivity index (χ3n) is 9.17. The summed E-state index contributed by atoms with van der Waals surface area (Å²) in [4.78, 5) is 19.8. The van der Waals surface area contributed by atoms with Crippen LogP contribution in [0.5, 0.6) is 0 Å². The number of fused-ring (bicyclic) bond motifs is 9. The number of pyridine rings is 1. The van der Waals surface area contributed by atoms with Crippen molar-refractivity contribution < 1.29 is 4.42 Å². The maximum absolute atomic E-state index is 6.38. The smallest absolute Gasteiger partial charge is 0.164 e. The molecule has 0 saturated carbocycles. The zero-order valence-corrected chi connectivity index (χ0v) is 25.1. The van der Waals surface area contributed by atoms with Gasteiger partial charge in [-0.2, -0.15) is 0 Å². The molecule has 7 aromatic carbocycles. The molecule has 218 valence electrons. The van der Waals surface area contributed by atoms with Gasteiger partial charge in [-0.15, -0.1) is 0 Å². The normalized spacial score (nSPS) is 11.8. The summed E-state index contributed by atoms with van der Waals surface area (Å²) in [6.45, 7) is 0. The minimum Gasteiger partial charge on any atom is -0.455 e. The van der Waals surface area contributed by atoms with Crippen molar-refractivity contribution in [3.8, 4) is 34.2 Å². The van der Waals surface area contributed by atoms with Gasteiger partial charge in [0.15, 0.2) is 17.5 Å². The summed E-state index contributed by atoms with van der Waals surface area (Å²) in [5, 5.41) is 11.0. The van der Waals surface area contributed by atoms with E-state index in [2.05, 4.69) is 132 Å². The second kappa shape index (κ2) is 10.0. The molecule has 0 fully saturated rings. The van der Waals surface area contributed by atoms with Crippen LogP contribution < -0.4 is 0 Å². The van der Waals surface area contributed by atoms with Crippen LogP contribution in [0.25, 0.3) is 99.2 Å². The minimum absolute atomic E-state index is 0.604. The molecule has 10 rings (SSSR count). The van der Waals surface area contributed by atoms with Gasteiger partial charge >= 0.3 is 0 Å². The van der Waals surface area contributed by atoms with E-state index in [1.165, 1.54) is 16.2 Å². The molecule has 0 saturated heterocycles. The summed E-state index contributed by atoms with van der Waals surface area (Å²) >= 11 is 0. The maximum atomic E-state index is 6.38. The predicted octanol–water partition coefficient (Wildman–Crippen LogP) is 10.8. The van der Waals surface area contributed by atoms with Crippen molar-refractivity contribution in [1.29, 1.82) is 0 Å². The van der Waals surface area contributed by atoms with Gasteiger partial charge in [0.2, 0.25) is 0 Å². The molecule has 3 aromatic heterocycles. The van der Waals surface area contributed by atoms with Crippen molar-refractivity contribution in [3.63, 3.8) is 0 Å². The molecule has 0 bridgehead atoms. The lowest BCUT2D eigenvalue weighted by molar-refractivity contribution is 0.672. The number of rotatable bonds is 3.